The summed E-state index contributed by atoms with van der Waals surface area (Å²) in [7, 11) is 0. The zero-order valence-electron chi connectivity index (χ0n) is 23.3. The number of imidazole rings is 1. The van der Waals surface area contributed by atoms with Crippen molar-refractivity contribution in [3.63, 3.8) is 0 Å². The molecule has 1 aliphatic rings. The van der Waals surface area contributed by atoms with Gasteiger partial charge in [0, 0.05) is 40.3 Å². The normalized spacial score (nSPS) is 16.8. The van der Waals surface area contributed by atoms with E-state index in [4.69, 9.17) is 21.3 Å². The summed E-state index contributed by atoms with van der Waals surface area (Å²) < 4.78 is 7.55. The van der Waals surface area contributed by atoms with E-state index in [9.17, 15) is 9.59 Å². The van der Waals surface area contributed by atoms with E-state index in [1.165, 1.54) is 0 Å². The third-order valence-electron chi connectivity index (χ3n) is 6.99. The van der Waals surface area contributed by atoms with E-state index >= 15 is 0 Å². The van der Waals surface area contributed by atoms with Crippen LogP contribution < -0.4 is 5.32 Å². The molecule has 0 saturated heterocycles. The maximum Gasteiger partial charge on any atom is 0.336 e. The summed E-state index contributed by atoms with van der Waals surface area (Å²) in [4.78, 5) is 41.1. The van der Waals surface area contributed by atoms with Crippen molar-refractivity contribution in [3.8, 4) is 5.69 Å². The maximum atomic E-state index is 13.8. The average molecular weight is 568 g/mol. The molecule has 2 atom stereocenters. The molecule has 0 fully saturated rings. The minimum absolute atomic E-state index is 0.163. The Morgan fingerprint density at radius 2 is 1.73 bits per heavy atom. The van der Waals surface area contributed by atoms with Gasteiger partial charge in [0.2, 0.25) is 5.91 Å². The second-order valence-corrected chi connectivity index (χ2v) is 10.2. The van der Waals surface area contributed by atoms with E-state index < -0.39 is 17.8 Å². The topological polar surface area (TPSA) is 98.5 Å². The average Bonchev–Trinajstić information content (AvgIpc) is 3.30. The van der Waals surface area contributed by atoms with Gasteiger partial charge in [0.25, 0.3) is 0 Å². The number of pyridine rings is 1. The molecule has 0 aliphatic carbocycles. The van der Waals surface area contributed by atoms with Gasteiger partial charge in [-0.3, -0.25) is 9.79 Å². The molecule has 1 amide bonds. The molecule has 5 rings (SSSR count). The van der Waals surface area contributed by atoms with Crippen LogP contribution in [-0.2, 0) is 14.3 Å². The van der Waals surface area contributed by atoms with Gasteiger partial charge in [-0.15, -0.1) is 0 Å². The fourth-order valence-electron chi connectivity index (χ4n) is 5.22. The number of aliphatic imine (C=N–C) groups is 1. The Kier molecular flexibility index (Phi) is 8.12. The molecule has 2 aromatic carbocycles. The van der Waals surface area contributed by atoms with Gasteiger partial charge in [-0.25, -0.2) is 14.8 Å². The summed E-state index contributed by atoms with van der Waals surface area (Å²) in [5, 5.41) is 3.32. The number of carbonyl (C=O) groups excluding carboxylic acids is 2. The number of aromatic nitrogens is 3. The first kappa shape index (κ1) is 28.0. The van der Waals surface area contributed by atoms with Gasteiger partial charge in [-0.05, 0) is 63.6 Å². The molecule has 41 heavy (non-hydrogen) atoms. The molecule has 2 unspecified atom stereocenters. The number of ether oxygens (including phenoxy) is 1. The summed E-state index contributed by atoms with van der Waals surface area (Å²) >= 11 is 6.71. The molecule has 8 nitrogen and oxygen atoms in total. The van der Waals surface area contributed by atoms with Crippen LogP contribution in [0.4, 0.5) is 5.82 Å². The lowest BCUT2D eigenvalue weighted by Crippen LogP contribution is -2.38. The monoisotopic (exact) mass is 567 g/mol. The summed E-state index contributed by atoms with van der Waals surface area (Å²) in [5.41, 5.74) is 4.45. The minimum Gasteiger partial charge on any atom is -0.463 e. The number of benzene rings is 2. The molecule has 1 aliphatic heterocycles. The number of anilines is 1. The van der Waals surface area contributed by atoms with Crippen LogP contribution in [0.3, 0.4) is 0 Å². The SMILES string of the molecule is CCOC(=O)C1=C(c2ccc(-n3cc(C)nc3C)cc2)N=C(C)C(C(=O)Nc2ccccn2)C1c1ccccc1Cl. The highest BCUT2D eigenvalue weighted by molar-refractivity contribution is 6.31. The number of nitrogens with one attached hydrogen (secondary N) is 1. The van der Waals surface area contributed by atoms with E-state index in [1.807, 2.05) is 67.1 Å². The lowest BCUT2D eigenvalue weighted by atomic mass is 9.74. The largest absolute Gasteiger partial charge is 0.463 e. The number of rotatable bonds is 7. The fourth-order valence-corrected chi connectivity index (χ4v) is 5.47. The molecule has 4 aromatic rings. The third kappa shape index (κ3) is 5.69. The Morgan fingerprint density at radius 3 is 2.37 bits per heavy atom. The van der Waals surface area contributed by atoms with Crippen molar-refractivity contribution < 1.29 is 14.3 Å². The van der Waals surface area contributed by atoms with Crippen molar-refractivity contribution >= 4 is 40.7 Å². The maximum absolute atomic E-state index is 13.8. The second kappa shape index (κ2) is 11.9. The van der Waals surface area contributed by atoms with E-state index in [-0.39, 0.29) is 18.1 Å². The molecular formula is C32H30ClN5O3. The van der Waals surface area contributed by atoms with Gasteiger partial charge in [-0.1, -0.05) is 48.0 Å². The zero-order chi connectivity index (χ0) is 29.1. The number of aryl methyl sites for hydroxylation is 2. The Hall–Kier alpha value is -4.56. The standard InChI is InChI=1S/C32H30ClN5O3/c1-5-41-32(40)29-28(24-10-6-7-11-25(24)33)27(31(39)37-26-12-8-9-17-34-26)20(3)36-30(29)22-13-15-23(16-14-22)38-18-19(2)35-21(38)4/h6-18,27-28H,5H2,1-4H3,(H,34,37,39). The lowest BCUT2D eigenvalue weighted by molar-refractivity contribution is -0.138. The number of esters is 1. The van der Waals surface area contributed by atoms with Crippen molar-refractivity contribution in [2.45, 2.75) is 33.6 Å². The Bertz CT molecular complexity index is 1660. The van der Waals surface area contributed by atoms with Gasteiger partial charge in [0.1, 0.15) is 11.6 Å². The molecule has 2 aromatic heterocycles. The first-order chi connectivity index (χ1) is 19.8. The van der Waals surface area contributed by atoms with Gasteiger partial charge in [0.05, 0.1) is 29.5 Å². The number of hydrogen-bond acceptors (Lipinski definition) is 6. The highest BCUT2D eigenvalue weighted by Crippen LogP contribution is 2.45. The molecule has 1 N–H and O–H groups in total. The van der Waals surface area contributed by atoms with Crippen LogP contribution >= 0.6 is 11.6 Å². The van der Waals surface area contributed by atoms with Crippen LogP contribution in [0.15, 0.2) is 89.7 Å². The van der Waals surface area contributed by atoms with Crippen LogP contribution in [0.25, 0.3) is 11.4 Å². The van der Waals surface area contributed by atoms with Gasteiger partial charge in [0.15, 0.2) is 0 Å². The Balaban J connectivity index is 1.67. The summed E-state index contributed by atoms with van der Waals surface area (Å²) in [6.07, 6.45) is 3.57. The molecule has 9 heteroatoms. The minimum atomic E-state index is -0.837. The van der Waals surface area contributed by atoms with Crippen LogP contribution in [-0.4, -0.2) is 38.7 Å². The lowest BCUT2D eigenvalue weighted by Gasteiger charge is -2.33. The number of amides is 1. The predicted molar refractivity (Wildman–Crippen MR) is 160 cm³/mol. The van der Waals surface area contributed by atoms with Gasteiger partial charge in [-0.2, -0.15) is 0 Å². The summed E-state index contributed by atoms with van der Waals surface area (Å²) in [5.74, 6) is -1.22. The van der Waals surface area contributed by atoms with Crippen molar-refractivity contribution in [1.82, 2.24) is 14.5 Å². The van der Waals surface area contributed by atoms with Crippen LogP contribution in [0.5, 0.6) is 0 Å². The number of halogens is 1. The molecule has 0 radical (unpaired) electrons. The fraction of sp³-hybridized carbons (Fsp3) is 0.219. The van der Waals surface area contributed by atoms with Crippen molar-refractivity contribution in [1.29, 1.82) is 0 Å². The van der Waals surface area contributed by atoms with E-state index in [0.717, 1.165) is 17.2 Å². The smallest absolute Gasteiger partial charge is 0.336 e. The zero-order valence-corrected chi connectivity index (χ0v) is 24.0. The van der Waals surface area contributed by atoms with Gasteiger partial charge >= 0.3 is 5.97 Å². The number of nitrogens with zero attached hydrogens (tertiary/aromatic N) is 4. The van der Waals surface area contributed by atoms with E-state index in [0.29, 0.717) is 33.4 Å². The quantitative estimate of drug-likeness (QED) is 0.263. The highest BCUT2D eigenvalue weighted by atomic mass is 35.5. The van der Waals surface area contributed by atoms with Gasteiger partial charge < -0.3 is 14.6 Å². The molecule has 0 bridgehead atoms. The number of carbonyl (C=O) groups is 2. The van der Waals surface area contributed by atoms with E-state index in [1.54, 1.807) is 44.3 Å². The van der Waals surface area contributed by atoms with Crippen molar-refractivity contribution in [2.75, 3.05) is 11.9 Å². The first-order valence-electron chi connectivity index (χ1n) is 13.3. The summed E-state index contributed by atoms with van der Waals surface area (Å²) in [6.45, 7) is 7.59. The predicted octanol–water partition coefficient (Wildman–Crippen LogP) is 6.32. The van der Waals surface area contributed by atoms with Crippen LogP contribution in [0, 0.1) is 19.8 Å². The highest BCUT2D eigenvalue weighted by Gasteiger charge is 2.43. The number of hydrogen-bond donors (Lipinski definition) is 1. The molecular weight excluding hydrogens is 538 g/mol. The first-order valence-corrected chi connectivity index (χ1v) is 13.7. The van der Waals surface area contributed by atoms with Crippen LogP contribution in [0.1, 0.15) is 42.4 Å². The molecule has 0 spiro atoms. The second-order valence-electron chi connectivity index (χ2n) is 9.76. The third-order valence-corrected chi connectivity index (χ3v) is 7.34. The van der Waals surface area contributed by atoms with Crippen LogP contribution in [0.2, 0.25) is 5.02 Å². The Morgan fingerprint density at radius 1 is 1.00 bits per heavy atom. The summed E-state index contributed by atoms with van der Waals surface area (Å²) in [6, 6.07) is 20.2. The van der Waals surface area contributed by atoms with Crippen molar-refractivity contribution in [2.24, 2.45) is 10.9 Å². The molecule has 3 heterocycles. The Labute approximate surface area is 243 Å². The molecule has 0 saturated carbocycles. The van der Waals surface area contributed by atoms with E-state index in [2.05, 4.69) is 15.3 Å². The van der Waals surface area contributed by atoms with Crippen molar-refractivity contribution in [3.05, 3.63) is 112 Å². The molecule has 208 valence electrons.